The first-order valence-electron chi connectivity index (χ1n) is 7.99. The second kappa shape index (κ2) is 8.73. The standard InChI is InChI=1S/C18H21N3O4/c1-24-16-12-13(2-4-15(16)25-11-8-19)3-5-17(22)21-9-6-14(7-10-21)18(20)23/h2-5,12,14H,6-7,9-11H2,1H3,(H2,20,23)/b5-3+. The Bertz CT molecular complexity index is 701. The maximum atomic E-state index is 12.2. The quantitative estimate of drug-likeness (QED) is 0.785. The van der Waals surface area contributed by atoms with Crippen molar-refractivity contribution < 1.29 is 19.1 Å². The van der Waals surface area contributed by atoms with E-state index in [1.165, 1.54) is 13.2 Å². The van der Waals surface area contributed by atoms with Gasteiger partial charge in [-0.15, -0.1) is 0 Å². The van der Waals surface area contributed by atoms with Crippen LogP contribution in [0.2, 0.25) is 0 Å². The van der Waals surface area contributed by atoms with E-state index in [9.17, 15) is 9.59 Å². The molecule has 0 unspecified atom stereocenters. The molecule has 2 amide bonds. The summed E-state index contributed by atoms with van der Waals surface area (Å²) < 4.78 is 10.5. The van der Waals surface area contributed by atoms with E-state index in [1.54, 1.807) is 29.2 Å². The van der Waals surface area contributed by atoms with Crippen LogP contribution < -0.4 is 15.2 Å². The molecule has 2 N–H and O–H groups in total. The highest BCUT2D eigenvalue weighted by Crippen LogP contribution is 2.28. The van der Waals surface area contributed by atoms with Crippen LogP contribution in [0.4, 0.5) is 0 Å². The zero-order chi connectivity index (χ0) is 18.2. The van der Waals surface area contributed by atoms with Gasteiger partial charge in [-0.25, -0.2) is 0 Å². The van der Waals surface area contributed by atoms with Crippen LogP contribution in [-0.2, 0) is 9.59 Å². The molecule has 1 aliphatic heterocycles. The van der Waals surface area contributed by atoms with Gasteiger partial charge in [-0.1, -0.05) is 6.07 Å². The Morgan fingerprint density at radius 3 is 2.68 bits per heavy atom. The van der Waals surface area contributed by atoms with Gasteiger partial charge < -0.3 is 20.1 Å². The summed E-state index contributed by atoms with van der Waals surface area (Å²) in [6.07, 6.45) is 4.40. The highest BCUT2D eigenvalue weighted by molar-refractivity contribution is 5.92. The average Bonchev–Trinajstić information content (AvgIpc) is 2.64. The van der Waals surface area contributed by atoms with Crippen LogP contribution in [0.3, 0.4) is 0 Å². The zero-order valence-electron chi connectivity index (χ0n) is 14.1. The van der Waals surface area contributed by atoms with Crippen LogP contribution in [-0.4, -0.2) is 43.5 Å². The van der Waals surface area contributed by atoms with Gasteiger partial charge in [0.15, 0.2) is 18.1 Å². The molecule has 2 rings (SSSR count). The first-order valence-corrected chi connectivity index (χ1v) is 7.99. The van der Waals surface area contributed by atoms with Crippen molar-refractivity contribution in [3.63, 3.8) is 0 Å². The molecule has 1 saturated heterocycles. The lowest BCUT2D eigenvalue weighted by molar-refractivity contribution is -0.130. The van der Waals surface area contributed by atoms with Crippen LogP contribution in [0.1, 0.15) is 18.4 Å². The summed E-state index contributed by atoms with van der Waals surface area (Å²) in [5, 5.41) is 8.57. The van der Waals surface area contributed by atoms with Crippen LogP contribution in [0, 0.1) is 17.2 Å². The molecule has 7 nitrogen and oxygen atoms in total. The first kappa shape index (κ1) is 18.3. The fourth-order valence-electron chi connectivity index (χ4n) is 2.67. The Labute approximate surface area is 146 Å². The molecule has 0 aromatic heterocycles. The van der Waals surface area contributed by atoms with E-state index < -0.39 is 0 Å². The first-order chi connectivity index (χ1) is 12.0. The van der Waals surface area contributed by atoms with Crippen molar-refractivity contribution in [2.24, 2.45) is 11.7 Å². The normalized spacial score (nSPS) is 15.0. The van der Waals surface area contributed by atoms with Crippen LogP contribution >= 0.6 is 0 Å². The molecule has 25 heavy (non-hydrogen) atoms. The maximum absolute atomic E-state index is 12.2. The summed E-state index contributed by atoms with van der Waals surface area (Å²) in [5.41, 5.74) is 6.08. The number of methoxy groups -OCH3 is 1. The van der Waals surface area contributed by atoms with E-state index in [4.69, 9.17) is 20.5 Å². The third-order valence-corrected chi connectivity index (χ3v) is 4.11. The number of nitrogens with zero attached hydrogens (tertiary/aromatic N) is 2. The maximum Gasteiger partial charge on any atom is 0.246 e. The second-order valence-electron chi connectivity index (χ2n) is 5.69. The molecule has 0 radical (unpaired) electrons. The summed E-state index contributed by atoms with van der Waals surface area (Å²) in [6, 6.07) is 7.10. The molecule has 1 fully saturated rings. The molecular weight excluding hydrogens is 322 g/mol. The Morgan fingerprint density at radius 1 is 1.36 bits per heavy atom. The molecule has 1 aliphatic rings. The SMILES string of the molecule is COc1cc(/C=C/C(=O)N2CCC(C(N)=O)CC2)ccc1OCC#N. The molecule has 0 aliphatic carbocycles. The van der Waals surface area contributed by atoms with Crippen molar-refractivity contribution in [2.75, 3.05) is 26.8 Å². The van der Waals surface area contributed by atoms with E-state index in [1.807, 2.05) is 6.07 Å². The van der Waals surface area contributed by atoms with Crippen molar-refractivity contribution in [3.8, 4) is 17.6 Å². The Kier molecular flexibility index (Phi) is 6.40. The van der Waals surface area contributed by atoms with Crippen LogP contribution in [0.15, 0.2) is 24.3 Å². The van der Waals surface area contributed by atoms with Crippen molar-refractivity contribution in [3.05, 3.63) is 29.8 Å². The fraction of sp³-hybridized carbons (Fsp3) is 0.389. The van der Waals surface area contributed by atoms with Crippen molar-refractivity contribution in [2.45, 2.75) is 12.8 Å². The van der Waals surface area contributed by atoms with Gasteiger partial charge in [-0.3, -0.25) is 9.59 Å². The minimum atomic E-state index is -0.298. The molecule has 0 bridgehead atoms. The number of hydrogen-bond donors (Lipinski definition) is 1. The highest BCUT2D eigenvalue weighted by atomic mass is 16.5. The molecule has 0 atom stereocenters. The monoisotopic (exact) mass is 343 g/mol. The molecule has 7 heteroatoms. The topological polar surface area (TPSA) is 106 Å². The predicted octanol–water partition coefficient (Wildman–Crippen LogP) is 1.33. The molecule has 1 heterocycles. The number of ether oxygens (including phenoxy) is 2. The largest absolute Gasteiger partial charge is 0.493 e. The number of carbonyl (C=O) groups is 2. The number of nitriles is 1. The Balaban J connectivity index is 1.98. The number of likely N-dealkylation sites (tertiary alicyclic amines) is 1. The number of amides is 2. The minimum Gasteiger partial charge on any atom is -0.493 e. The predicted molar refractivity (Wildman–Crippen MR) is 91.6 cm³/mol. The number of piperidine rings is 1. The molecule has 132 valence electrons. The summed E-state index contributed by atoms with van der Waals surface area (Å²) in [6.45, 7) is 0.993. The van der Waals surface area contributed by atoms with Gasteiger partial charge in [0.25, 0.3) is 0 Å². The number of primary amides is 1. The van der Waals surface area contributed by atoms with E-state index in [-0.39, 0.29) is 24.3 Å². The van der Waals surface area contributed by atoms with E-state index in [0.717, 1.165) is 5.56 Å². The van der Waals surface area contributed by atoms with Gasteiger partial charge in [0.05, 0.1) is 7.11 Å². The van der Waals surface area contributed by atoms with Gasteiger partial charge in [-0.05, 0) is 36.6 Å². The van der Waals surface area contributed by atoms with Gasteiger partial charge in [-0.2, -0.15) is 5.26 Å². The van der Waals surface area contributed by atoms with E-state index in [2.05, 4.69) is 0 Å². The molecule has 0 saturated carbocycles. The second-order valence-corrected chi connectivity index (χ2v) is 5.69. The summed E-state index contributed by atoms with van der Waals surface area (Å²) in [4.78, 5) is 25.1. The summed E-state index contributed by atoms with van der Waals surface area (Å²) in [5.74, 6) is 0.423. The van der Waals surface area contributed by atoms with Crippen molar-refractivity contribution in [1.29, 1.82) is 5.26 Å². The lowest BCUT2D eigenvalue weighted by Crippen LogP contribution is -2.41. The van der Waals surface area contributed by atoms with Crippen molar-refractivity contribution in [1.82, 2.24) is 4.90 Å². The zero-order valence-corrected chi connectivity index (χ0v) is 14.1. The number of benzene rings is 1. The Morgan fingerprint density at radius 2 is 2.08 bits per heavy atom. The van der Waals surface area contributed by atoms with E-state index in [0.29, 0.717) is 37.4 Å². The van der Waals surface area contributed by atoms with Gasteiger partial charge in [0.1, 0.15) is 6.07 Å². The number of carbonyl (C=O) groups excluding carboxylic acids is 2. The smallest absolute Gasteiger partial charge is 0.246 e. The lowest BCUT2D eigenvalue weighted by Gasteiger charge is -2.29. The van der Waals surface area contributed by atoms with E-state index >= 15 is 0 Å². The highest BCUT2D eigenvalue weighted by Gasteiger charge is 2.24. The average molecular weight is 343 g/mol. The number of nitrogens with two attached hydrogens (primary N) is 1. The van der Waals surface area contributed by atoms with Crippen LogP contribution in [0.25, 0.3) is 6.08 Å². The summed E-state index contributed by atoms with van der Waals surface area (Å²) >= 11 is 0. The molecular formula is C18H21N3O4. The van der Waals surface area contributed by atoms with Crippen molar-refractivity contribution >= 4 is 17.9 Å². The fourth-order valence-corrected chi connectivity index (χ4v) is 2.67. The minimum absolute atomic E-state index is 0.0642. The number of hydrogen-bond acceptors (Lipinski definition) is 5. The van der Waals surface area contributed by atoms with Gasteiger partial charge >= 0.3 is 0 Å². The molecule has 0 spiro atoms. The van der Waals surface area contributed by atoms with Gasteiger partial charge in [0.2, 0.25) is 11.8 Å². The summed E-state index contributed by atoms with van der Waals surface area (Å²) in [7, 11) is 1.51. The lowest BCUT2D eigenvalue weighted by atomic mass is 9.96. The van der Waals surface area contributed by atoms with Crippen LogP contribution in [0.5, 0.6) is 11.5 Å². The molecule has 1 aromatic carbocycles. The number of rotatable bonds is 6. The third-order valence-electron chi connectivity index (χ3n) is 4.11. The third kappa shape index (κ3) is 4.98. The van der Waals surface area contributed by atoms with Gasteiger partial charge in [0, 0.05) is 25.1 Å². The Hall–Kier alpha value is -3.01. The molecule has 1 aromatic rings.